The molecule has 5 rings (SSSR count). The van der Waals surface area contributed by atoms with Gasteiger partial charge < -0.3 is 0 Å². The van der Waals surface area contributed by atoms with Crippen molar-refractivity contribution in [1.29, 1.82) is 0 Å². The number of nitrogens with one attached hydrogen (secondary N) is 1. The fraction of sp³-hybridized carbons (Fsp3) is 0.304. The number of benzene rings is 1. The number of aromatic amines is 1. The predicted molar refractivity (Wildman–Crippen MR) is 118 cm³/mol. The Kier molecular flexibility index (Phi) is 5.60. The number of likely N-dealkylation sites (tertiary alicyclic amines) is 1. The minimum absolute atomic E-state index is 0.180. The zero-order valence-electron chi connectivity index (χ0n) is 17.2. The van der Waals surface area contributed by atoms with Crippen molar-refractivity contribution < 1.29 is 13.2 Å². The fourth-order valence-corrected chi connectivity index (χ4v) is 5.09. The van der Waals surface area contributed by atoms with Crippen molar-refractivity contribution in [1.82, 2.24) is 24.6 Å². The Morgan fingerprint density at radius 3 is 2.91 bits per heavy atom. The lowest BCUT2D eigenvalue weighted by molar-refractivity contribution is -0.137. The number of aromatic nitrogens is 4. The van der Waals surface area contributed by atoms with Gasteiger partial charge in [-0.2, -0.15) is 18.3 Å². The Bertz CT molecular complexity index is 1180. The van der Waals surface area contributed by atoms with Crippen molar-refractivity contribution in [2.24, 2.45) is 0 Å². The van der Waals surface area contributed by atoms with E-state index in [2.05, 4.69) is 30.7 Å². The molecular formula is C23H22F3N5S. The first kappa shape index (κ1) is 21.0. The molecule has 1 unspecified atom stereocenters. The van der Waals surface area contributed by atoms with Gasteiger partial charge in [-0.3, -0.25) is 14.6 Å². The summed E-state index contributed by atoms with van der Waals surface area (Å²) in [6.45, 7) is 2.58. The average Bonchev–Trinajstić information content (AvgIpc) is 3.54. The third-order valence-electron chi connectivity index (χ3n) is 5.93. The molecule has 4 aromatic rings. The molecule has 0 amide bonds. The van der Waals surface area contributed by atoms with Gasteiger partial charge in [0.25, 0.3) is 0 Å². The van der Waals surface area contributed by atoms with E-state index in [0.29, 0.717) is 5.56 Å². The van der Waals surface area contributed by atoms with Crippen molar-refractivity contribution in [2.45, 2.75) is 31.5 Å². The number of halogens is 3. The van der Waals surface area contributed by atoms with Crippen LogP contribution in [0, 0.1) is 0 Å². The summed E-state index contributed by atoms with van der Waals surface area (Å²) in [6.07, 6.45) is 3.08. The van der Waals surface area contributed by atoms with Crippen molar-refractivity contribution in [2.75, 3.05) is 13.1 Å². The molecule has 0 saturated carbocycles. The summed E-state index contributed by atoms with van der Waals surface area (Å²) < 4.78 is 41.7. The first-order valence-electron chi connectivity index (χ1n) is 10.5. The summed E-state index contributed by atoms with van der Waals surface area (Å²) in [5, 5.41) is 10.2. The van der Waals surface area contributed by atoms with Gasteiger partial charge in [-0.25, -0.2) is 4.98 Å². The molecule has 0 bridgehead atoms. The predicted octanol–water partition coefficient (Wildman–Crippen LogP) is 5.72. The highest BCUT2D eigenvalue weighted by molar-refractivity contribution is 7.12. The molecule has 1 atom stereocenters. The van der Waals surface area contributed by atoms with E-state index < -0.39 is 11.7 Å². The number of rotatable bonds is 5. The van der Waals surface area contributed by atoms with E-state index >= 15 is 0 Å². The smallest absolute Gasteiger partial charge is 0.297 e. The van der Waals surface area contributed by atoms with Crippen LogP contribution in [0.1, 0.15) is 35.7 Å². The molecule has 3 aromatic heterocycles. The molecule has 4 heterocycles. The second-order valence-electron chi connectivity index (χ2n) is 8.03. The van der Waals surface area contributed by atoms with Gasteiger partial charge in [0.15, 0.2) is 5.13 Å². The monoisotopic (exact) mass is 457 g/mol. The number of hydrogen-bond acceptors (Lipinski definition) is 4. The quantitative estimate of drug-likeness (QED) is 0.417. The Hall–Kier alpha value is -2.91. The molecule has 0 radical (unpaired) electrons. The van der Waals surface area contributed by atoms with E-state index in [1.54, 1.807) is 29.8 Å². The van der Waals surface area contributed by atoms with Crippen LogP contribution in [0.4, 0.5) is 13.2 Å². The second kappa shape index (κ2) is 8.55. The molecular weight excluding hydrogens is 435 g/mol. The van der Waals surface area contributed by atoms with Crippen LogP contribution >= 0.6 is 11.3 Å². The summed E-state index contributed by atoms with van der Waals surface area (Å²) in [5.74, 6) is 0.180. The van der Waals surface area contributed by atoms with Gasteiger partial charge in [-0.15, -0.1) is 11.3 Å². The van der Waals surface area contributed by atoms with E-state index in [9.17, 15) is 13.2 Å². The van der Waals surface area contributed by atoms with Crippen LogP contribution in [-0.2, 0) is 12.7 Å². The van der Waals surface area contributed by atoms with E-state index in [-0.39, 0.29) is 5.92 Å². The minimum atomic E-state index is -4.37. The maximum absolute atomic E-state index is 13.2. The summed E-state index contributed by atoms with van der Waals surface area (Å²) in [7, 11) is 0. The molecule has 32 heavy (non-hydrogen) atoms. The Morgan fingerprint density at radius 1 is 1.19 bits per heavy atom. The summed E-state index contributed by atoms with van der Waals surface area (Å²) in [4.78, 5) is 6.80. The van der Waals surface area contributed by atoms with Gasteiger partial charge in [-0.1, -0.05) is 12.1 Å². The van der Waals surface area contributed by atoms with Gasteiger partial charge in [0.2, 0.25) is 0 Å². The van der Waals surface area contributed by atoms with Crippen LogP contribution in [0.5, 0.6) is 0 Å². The molecule has 1 saturated heterocycles. The zero-order chi connectivity index (χ0) is 22.1. The lowest BCUT2D eigenvalue weighted by Gasteiger charge is -2.32. The molecule has 1 N–H and O–H groups in total. The number of piperidine rings is 1. The van der Waals surface area contributed by atoms with Crippen molar-refractivity contribution in [3.05, 3.63) is 77.3 Å². The van der Waals surface area contributed by atoms with Crippen LogP contribution in [0.2, 0.25) is 0 Å². The highest BCUT2D eigenvalue weighted by Gasteiger charge is 2.31. The second-order valence-corrected chi connectivity index (χ2v) is 8.91. The number of thiazole rings is 1. The summed E-state index contributed by atoms with van der Waals surface area (Å²) in [5.41, 5.74) is 2.72. The van der Waals surface area contributed by atoms with Gasteiger partial charge in [-0.05, 0) is 49.2 Å². The van der Waals surface area contributed by atoms with E-state index in [0.717, 1.165) is 54.9 Å². The number of alkyl halides is 3. The summed E-state index contributed by atoms with van der Waals surface area (Å²) >= 11 is 1.60. The van der Waals surface area contributed by atoms with Gasteiger partial charge >= 0.3 is 6.18 Å². The van der Waals surface area contributed by atoms with Crippen molar-refractivity contribution in [3.8, 4) is 16.3 Å². The largest absolute Gasteiger partial charge is 0.416 e. The minimum Gasteiger partial charge on any atom is -0.297 e. The summed E-state index contributed by atoms with van der Waals surface area (Å²) in [6, 6.07) is 9.60. The number of hydrogen-bond donors (Lipinski definition) is 1. The lowest BCUT2D eigenvalue weighted by atomic mass is 9.90. The van der Waals surface area contributed by atoms with Crippen LogP contribution in [0.3, 0.4) is 0 Å². The van der Waals surface area contributed by atoms with Gasteiger partial charge in [0.05, 0.1) is 11.8 Å². The maximum Gasteiger partial charge on any atom is 0.416 e. The Labute approximate surface area is 187 Å². The maximum atomic E-state index is 13.2. The normalized spacial score (nSPS) is 17.7. The van der Waals surface area contributed by atoms with Crippen LogP contribution < -0.4 is 0 Å². The third kappa shape index (κ3) is 4.22. The first-order valence-corrected chi connectivity index (χ1v) is 11.4. The molecule has 9 heteroatoms. The first-order chi connectivity index (χ1) is 15.5. The highest BCUT2D eigenvalue weighted by Crippen LogP contribution is 2.36. The molecule has 0 spiro atoms. The topological polar surface area (TPSA) is 49.7 Å². The Morgan fingerprint density at radius 2 is 2.09 bits per heavy atom. The van der Waals surface area contributed by atoms with Crippen LogP contribution in [0.15, 0.2) is 60.4 Å². The van der Waals surface area contributed by atoms with Gasteiger partial charge in [0.1, 0.15) is 0 Å². The zero-order valence-corrected chi connectivity index (χ0v) is 18.0. The van der Waals surface area contributed by atoms with E-state index in [1.165, 1.54) is 17.8 Å². The fourth-order valence-electron chi connectivity index (χ4n) is 4.43. The molecule has 1 aliphatic heterocycles. The molecule has 1 aliphatic rings. The third-order valence-corrected chi connectivity index (χ3v) is 6.70. The SMILES string of the molecule is FC(F)(F)c1cccc(-c2cn[nH]c2C2CCCN(Cc3cccn3-c3nccs3)C2)c1. The van der Waals surface area contributed by atoms with E-state index in [1.807, 2.05) is 17.6 Å². The molecule has 5 nitrogen and oxygen atoms in total. The highest BCUT2D eigenvalue weighted by atomic mass is 32.1. The average molecular weight is 458 g/mol. The van der Waals surface area contributed by atoms with E-state index in [4.69, 9.17) is 0 Å². The van der Waals surface area contributed by atoms with Crippen LogP contribution in [0.25, 0.3) is 16.3 Å². The molecule has 1 fully saturated rings. The van der Waals surface area contributed by atoms with Gasteiger partial charge in [0, 0.05) is 53.7 Å². The van der Waals surface area contributed by atoms with Crippen LogP contribution in [-0.4, -0.2) is 37.7 Å². The Balaban J connectivity index is 1.36. The lowest BCUT2D eigenvalue weighted by Crippen LogP contribution is -2.34. The molecule has 166 valence electrons. The number of nitrogens with zero attached hydrogens (tertiary/aromatic N) is 4. The van der Waals surface area contributed by atoms with Crippen molar-refractivity contribution in [3.63, 3.8) is 0 Å². The molecule has 0 aliphatic carbocycles. The standard InChI is InChI=1S/C23H22F3N5S/c24-23(25,26)18-6-1-4-16(12-18)20-13-28-29-21(20)17-5-2-9-30(14-17)15-19-7-3-10-31(19)22-27-8-11-32-22/h1,3-4,6-8,10-13,17H,2,5,9,14-15H2,(H,28,29). The van der Waals surface area contributed by atoms with Crippen molar-refractivity contribution >= 4 is 11.3 Å². The number of H-pyrrole nitrogens is 1. The molecule has 1 aromatic carbocycles.